The Hall–Kier alpha value is -0.790. The van der Waals surface area contributed by atoms with Crippen molar-refractivity contribution in [1.29, 1.82) is 0 Å². The predicted octanol–water partition coefficient (Wildman–Crippen LogP) is 5.82. The first-order chi connectivity index (χ1) is 9.67. The first-order valence-corrected chi connectivity index (χ1v) is 8.51. The molecule has 2 heteroatoms. The van der Waals surface area contributed by atoms with Gasteiger partial charge in [0.05, 0.1) is 5.92 Å². The molecule has 0 bridgehead atoms. The molecule has 0 aromatic heterocycles. The molecule has 2 unspecified atom stereocenters. The monoisotopic (exact) mass is 282 g/mol. The molecule has 0 amide bonds. The van der Waals surface area contributed by atoms with E-state index in [-0.39, 0.29) is 5.92 Å². The van der Waals surface area contributed by atoms with Gasteiger partial charge < -0.3 is 5.11 Å². The summed E-state index contributed by atoms with van der Waals surface area (Å²) in [6.07, 6.45) is 14.2. The van der Waals surface area contributed by atoms with Gasteiger partial charge in [0, 0.05) is 0 Å². The summed E-state index contributed by atoms with van der Waals surface area (Å²) in [6.45, 7) is 8.05. The lowest BCUT2D eigenvalue weighted by Gasteiger charge is -2.22. The zero-order valence-electron chi connectivity index (χ0n) is 13.6. The van der Waals surface area contributed by atoms with Crippen LogP contribution in [0.15, 0.2) is 12.7 Å². The number of unbranched alkanes of at least 4 members (excludes halogenated alkanes) is 6. The highest BCUT2D eigenvalue weighted by atomic mass is 16.4. The van der Waals surface area contributed by atoms with Gasteiger partial charge in [0.25, 0.3) is 0 Å². The standard InChI is InChI=1S/C18H34O2/c1-4-7-9-10-11-13-15-17(18(19)20)16(6-3)14-12-8-5-2/h4,16-17H,1,5-15H2,2-3H3,(H,19,20). The zero-order valence-corrected chi connectivity index (χ0v) is 13.6. The van der Waals surface area contributed by atoms with Crippen molar-refractivity contribution in [2.24, 2.45) is 11.8 Å². The van der Waals surface area contributed by atoms with Gasteiger partial charge in [-0.15, -0.1) is 6.58 Å². The summed E-state index contributed by atoms with van der Waals surface area (Å²) in [4.78, 5) is 11.5. The molecule has 0 aliphatic heterocycles. The van der Waals surface area contributed by atoms with Crippen molar-refractivity contribution in [3.05, 3.63) is 12.7 Å². The van der Waals surface area contributed by atoms with E-state index in [2.05, 4.69) is 20.4 Å². The number of carboxylic acids is 1. The number of allylic oxidation sites excluding steroid dienone is 1. The van der Waals surface area contributed by atoms with E-state index in [1.807, 2.05) is 6.08 Å². The van der Waals surface area contributed by atoms with E-state index in [0.29, 0.717) is 5.92 Å². The minimum Gasteiger partial charge on any atom is -0.481 e. The van der Waals surface area contributed by atoms with Gasteiger partial charge in [-0.05, 0) is 31.6 Å². The van der Waals surface area contributed by atoms with Gasteiger partial charge in [0.15, 0.2) is 0 Å². The molecular weight excluding hydrogens is 248 g/mol. The minimum atomic E-state index is -0.584. The molecule has 0 saturated carbocycles. The maximum absolute atomic E-state index is 11.5. The second-order valence-corrected chi connectivity index (χ2v) is 5.89. The number of carboxylic acid groups (broad SMARTS) is 1. The molecule has 0 fully saturated rings. The normalized spacial score (nSPS) is 13.9. The summed E-state index contributed by atoms with van der Waals surface area (Å²) in [5, 5.41) is 9.46. The van der Waals surface area contributed by atoms with Gasteiger partial charge in [-0.2, -0.15) is 0 Å². The fraction of sp³-hybridized carbons (Fsp3) is 0.833. The molecule has 0 spiro atoms. The van der Waals surface area contributed by atoms with Crippen LogP contribution in [0, 0.1) is 11.8 Å². The van der Waals surface area contributed by atoms with E-state index in [4.69, 9.17) is 0 Å². The predicted molar refractivity (Wildman–Crippen MR) is 86.9 cm³/mol. The van der Waals surface area contributed by atoms with Gasteiger partial charge >= 0.3 is 5.97 Å². The SMILES string of the molecule is C=CCCCCCCC(C(=O)O)C(CC)CCCCC. The minimum absolute atomic E-state index is 0.128. The van der Waals surface area contributed by atoms with Crippen LogP contribution in [0.1, 0.15) is 84.5 Å². The number of hydrogen-bond donors (Lipinski definition) is 1. The van der Waals surface area contributed by atoms with Crippen LogP contribution in [-0.4, -0.2) is 11.1 Å². The summed E-state index contributed by atoms with van der Waals surface area (Å²) >= 11 is 0. The summed E-state index contributed by atoms with van der Waals surface area (Å²) in [5.74, 6) is -0.345. The third-order valence-corrected chi connectivity index (χ3v) is 4.26. The fourth-order valence-corrected chi connectivity index (χ4v) is 2.91. The van der Waals surface area contributed by atoms with Crippen molar-refractivity contribution < 1.29 is 9.90 Å². The topological polar surface area (TPSA) is 37.3 Å². The largest absolute Gasteiger partial charge is 0.481 e. The van der Waals surface area contributed by atoms with E-state index in [1.165, 1.54) is 32.1 Å². The Kier molecular flexibility index (Phi) is 12.7. The maximum Gasteiger partial charge on any atom is 0.306 e. The Morgan fingerprint density at radius 1 is 1.05 bits per heavy atom. The Balaban J connectivity index is 4.04. The molecule has 0 rings (SSSR count). The highest BCUT2D eigenvalue weighted by molar-refractivity contribution is 5.70. The molecule has 0 aromatic carbocycles. The number of aliphatic carboxylic acids is 1. The van der Waals surface area contributed by atoms with E-state index in [0.717, 1.165) is 38.5 Å². The van der Waals surface area contributed by atoms with Crippen LogP contribution >= 0.6 is 0 Å². The van der Waals surface area contributed by atoms with E-state index in [9.17, 15) is 9.90 Å². The molecule has 118 valence electrons. The van der Waals surface area contributed by atoms with Crippen molar-refractivity contribution in [2.45, 2.75) is 84.5 Å². The molecule has 0 aliphatic rings. The number of hydrogen-bond acceptors (Lipinski definition) is 1. The van der Waals surface area contributed by atoms with Gasteiger partial charge in [-0.1, -0.05) is 64.9 Å². The van der Waals surface area contributed by atoms with Gasteiger partial charge in [-0.25, -0.2) is 0 Å². The Morgan fingerprint density at radius 2 is 1.70 bits per heavy atom. The number of carbonyl (C=O) groups is 1. The highest BCUT2D eigenvalue weighted by Gasteiger charge is 2.25. The highest BCUT2D eigenvalue weighted by Crippen LogP contribution is 2.27. The lowest BCUT2D eigenvalue weighted by molar-refractivity contribution is -0.144. The van der Waals surface area contributed by atoms with Crippen LogP contribution in [0.25, 0.3) is 0 Å². The average molecular weight is 282 g/mol. The van der Waals surface area contributed by atoms with Crippen LogP contribution in [0.3, 0.4) is 0 Å². The van der Waals surface area contributed by atoms with Crippen LogP contribution in [-0.2, 0) is 4.79 Å². The molecule has 20 heavy (non-hydrogen) atoms. The van der Waals surface area contributed by atoms with Crippen LogP contribution in [0.5, 0.6) is 0 Å². The van der Waals surface area contributed by atoms with Crippen molar-refractivity contribution in [2.75, 3.05) is 0 Å². The molecule has 1 N–H and O–H groups in total. The van der Waals surface area contributed by atoms with Gasteiger partial charge in [-0.3, -0.25) is 4.79 Å². The lowest BCUT2D eigenvalue weighted by atomic mass is 9.82. The van der Waals surface area contributed by atoms with Crippen LogP contribution in [0.4, 0.5) is 0 Å². The molecule has 2 atom stereocenters. The third kappa shape index (κ3) is 9.17. The second kappa shape index (κ2) is 13.2. The molecule has 0 saturated heterocycles. The smallest absolute Gasteiger partial charge is 0.306 e. The number of rotatable bonds is 14. The summed E-state index contributed by atoms with van der Waals surface area (Å²) in [6, 6.07) is 0. The first kappa shape index (κ1) is 19.2. The van der Waals surface area contributed by atoms with E-state index < -0.39 is 5.97 Å². The molecule has 0 aliphatic carbocycles. The Morgan fingerprint density at radius 3 is 2.25 bits per heavy atom. The zero-order chi connectivity index (χ0) is 15.2. The maximum atomic E-state index is 11.5. The van der Waals surface area contributed by atoms with E-state index in [1.54, 1.807) is 0 Å². The fourth-order valence-electron chi connectivity index (χ4n) is 2.91. The molecule has 2 nitrogen and oxygen atoms in total. The third-order valence-electron chi connectivity index (χ3n) is 4.26. The van der Waals surface area contributed by atoms with Crippen molar-refractivity contribution in [1.82, 2.24) is 0 Å². The van der Waals surface area contributed by atoms with Gasteiger partial charge in [0.1, 0.15) is 0 Å². The molecule has 0 radical (unpaired) electrons. The summed E-state index contributed by atoms with van der Waals surface area (Å²) in [7, 11) is 0. The lowest BCUT2D eigenvalue weighted by Crippen LogP contribution is -2.23. The molecule has 0 heterocycles. The van der Waals surface area contributed by atoms with E-state index >= 15 is 0 Å². The van der Waals surface area contributed by atoms with Crippen LogP contribution < -0.4 is 0 Å². The van der Waals surface area contributed by atoms with Crippen LogP contribution in [0.2, 0.25) is 0 Å². The van der Waals surface area contributed by atoms with Crippen molar-refractivity contribution >= 4 is 5.97 Å². The van der Waals surface area contributed by atoms with Crippen molar-refractivity contribution in [3.63, 3.8) is 0 Å². The van der Waals surface area contributed by atoms with Gasteiger partial charge in [0.2, 0.25) is 0 Å². The Labute approximate surface area is 125 Å². The first-order valence-electron chi connectivity index (χ1n) is 8.51. The molecular formula is C18H34O2. The van der Waals surface area contributed by atoms with Crippen molar-refractivity contribution in [3.8, 4) is 0 Å². The summed E-state index contributed by atoms with van der Waals surface area (Å²) in [5.41, 5.74) is 0. The quantitative estimate of drug-likeness (QED) is 0.322. The second-order valence-electron chi connectivity index (χ2n) is 5.89. The molecule has 0 aromatic rings. The summed E-state index contributed by atoms with van der Waals surface area (Å²) < 4.78 is 0. The average Bonchev–Trinajstić information content (AvgIpc) is 2.43. The Bertz CT molecular complexity index is 248.